The van der Waals surface area contributed by atoms with Crippen LogP contribution in [0, 0.1) is 0 Å². The normalized spacial score (nSPS) is 18.4. The molecule has 1 aliphatic carbocycles. The minimum Gasteiger partial charge on any atom is -0.875 e. The molecule has 0 fully saturated rings. The molecule has 0 bridgehead atoms. The summed E-state index contributed by atoms with van der Waals surface area (Å²) >= 11 is 0. The van der Waals surface area contributed by atoms with E-state index >= 15 is 0 Å². The number of ether oxygens (including phenoxy) is 2. The summed E-state index contributed by atoms with van der Waals surface area (Å²) in [6.07, 6.45) is 0.644. The highest BCUT2D eigenvalue weighted by molar-refractivity contribution is 6.23. The smallest absolute Gasteiger partial charge is 0.231 e. The number of carbonyl (C=O) groups is 1. The number of allylic oxidation sites excluding steroid dienone is 2. The van der Waals surface area contributed by atoms with Crippen molar-refractivity contribution < 1.29 is 19.4 Å². The highest BCUT2D eigenvalue weighted by Gasteiger charge is 2.21. The van der Waals surface area contributed by atoms with Crippen LogP contribution in [0.25, 0.3) is 5.57 Å². The van der Waals surface area contributed by atoms with Crippen LogP contribution in [0.3, 0.4) is 0 Å². The molecule has 0 N–H and O–H groups in total. The molecule has 0 radical (unpaired) electrons. The molecular weight excluding hydrogens is 208 g/mol. The second-order valence-corrected chi connectivity index (χ2v) is 3.79. The predicted octanol–water partition coefficient (Wildman–Crippen LogP) is 0.850. The second kappa shape index (κ2) is 3.27. The van der Waals surface area contributed by atoms with E-state index in [0.717, 1.165) is 0 Å². The van der Waals surface area contributed by atoms with Gasteiger partial charge >= 0.3 is 0 Å². The van der Waals surface area contributed by atoms with Gasteiger partial charge in [-0.25, -0.2) is 0 Å². The molecular formula is C12H9O4-. The fraction of sp³-hybridized carbons (Fsp3) is 0.250. The highest BCUT2D eigenvalue weighted by atomic mass is 16.7. The lowest BCUT2D eigenvalue weighted by atomic mass is 10.0. The predicted molar refractivity (Wildman–Crippen MR) is 53.7 cm³/mol. The van der Waals surface area contributed by atoms with Crippen LogP contribution in [0.15, 0.2) is 24.0 Å². The molecule has 0 spiro atoms. The Hall–Kier alpha value is -1.97. The summed E-state index contributed by atoms with van der Waals surface area (Å²) in [6, 6.07) is 5.15. The Kier molecular flexibility index (Phi) is 1.89. The van der Waals surface area contributed by atoms with Gasteiger partial charge in [0.2, 0.25) is 6.79 Å². The van der Waals surface area contributed by atoms with E-state index in [1.54, 1.807) is 18.2 Å². The number of rotatable bonds is 1. The molecule has 4 nitrogen and oxygen atoms in total. The molecule has 0 saturated heterocycles. The molecule has 4 heteroatoms. The number of ketones is 1. The van der Waals surface area contributed by atoms with E-state index in [4.69, 9.17) is 9.47 Å². The minimum absolute atomic E-state index is 0.0798. The molecule has 0 unspecified atom stereocenters. The highest BCUT2D eigenvalue weighted by Crippen LogP contribution is 2.36. The maximum Gasteiger partial charge on any atom is 0.231 e. The Morgan fingerprint density at radius 3 is 2.69 bits per heavy atom. The van der Waals surface area contributed by atoms with Crippen LogP contribution in [0.5, 0.6) is 11.5 Å². The van der Waals surface area contributed by atoms with Gasteiger partial charge in [-0.2, -0.15) is 0 Å². The molecule has 0 saturated carbocycles. The van der Waals surface area contributed by atoms with Crippen LogP contribution in [-0.4, -0.2) is 12.6 Å². The lowest BCUT2D eigenvalue weighted by molar-refractivity contribution is -0.303. The van der Waals surface area contributed by atoms with Crippen molar-refractivity contribution in [2.75, 3.05) is 6.79 Å². The zero-order chi connectivity index (χ0) is 11.1. The van der Waals surface area contributed by atoms with Gasteiger partial charge in [-0.1, -0.05) is 6.07 Å². The third-order valence-corrected chi connectivity index (χ3v) is 2.80. The van der Waals surface area contributed by atoms with Crippen molar-refractivity contribution >= 4 is 11.4 Å². The first kappa shape index (κ1) is 9.27. The monoisotopic (exact) mass is 217 g/mol. The van der Waals surface area contributed by atoms with Crippen LogP contribution in [0.2, 0.25) is 0 Å². The Morgan fingerprint density at radius 1 is 1.12 bits per heavy atom. The Balaban J connectivity index is 2.08. The van der Waals surface area contributed by atoms with Gasteiger partial charge in [-0.05, 0) is 24.1 Å². The molecule has 0 aromatic heterocycles. The molecule has 1 heterocycles. The summed E-state index contributed by atoms with van der Waals surface area (Å²) in [5.41, 5.74) is 0.940. The van der Waals surface area contributed by atoms with E-state index in [9.17, 15) is 9.90 Å². The van der Waals surface area contributed by atoms with Crippen LogP contribution in [0.1, 0.15) is 18.4 Å². The van der Waals surface area contributed by atoms with Gasteiger partial charge in [0.05, 0.1) is 0 Å². The molecule has 1 aromatic carbocycles. The summed E-state index contributed by atoms with van der Waals surface area (Å²) in [4.78, 5) is 11.6. The average molecular weight is 217 g/mol. The molecule has 82 valence electrons. The SMILES string of the molecule is O=C1CCC([O-])=C1c1ccc2c(c1)OCO2. The van der Waals surface area contributed by atoms with Crippen molar-refractivity contribution in [3.63, 3.8) is 0 Å². The summed E-state index contributed by atoms with van der Waals surface area (Å²) in [5.74, 6) is 1.09. The van der Waals surface area contributed by atoms with Crippen LogP contribution >= 0.6 is 0 Å². The number of Topliss-reactive ketones (excluding diaryl/α,β-unsaturated/α-hetero) is 1. The van der Waals surface area contributed by atoms with E-state index in [0.29, 0.717) is 35.5 Å². The summed E-state index contributed by atoms with van der Waals surface area (Å²) in [5, 5.41) is 11.6. The minimum atomic E-state index is -0.0798. The fourth-order valence-electron chi connectivity index (χ4n) is 2.01. The summed E-state index contributed by atoms with van der Waals surface area (Å²) in [6.45, 7) is 0.190. The van der Waals surface area contributed by atoms with Crippen molar-refractivity contribution in [3.05, 3.63) is 29.5 Å². The lowest BCUT2D eigenvalue weighted by Crippen LogP contribution is -2.04. The van der Waals surface area contributed by atoms with Crippen LogP contribution in [-0.2, 0) is 4.79 Å². The summed E-state index contributed by atoms with van der Waals surface area (Å²) < 4.78 is 10.4. The maximum atomic E-state index is 11.6. The second-order valence-electron chi connectivity index (χ2n) is 3.79. The number of carbonyl (C=O) groups excluding carboxylic acids is 1. The number of hydrogen-bond acceptors (Lipinski definition) is 4. The maximum absolute atomic E-state index is 11.6. The lowest BCUT2D eigenvalue weighted by Gasteiger charge is -2.10. The van der Waals surface area contributed by atoms with Crippen LogP contribution < -0.4 is 14.6 Å². The van der Waals surface area contributed by atoms with Gasteiger partial charge in [-0.3, -0.25) is 4.79 Å². The van der Waals surface area contributed by atoms with Crippen LogP contribution in [0.4, 0.5) is 0 Å². The van der Waals surface area contributed by atoms with Gasteiger partial charge in [0.1, 0.15) is 0 Å². The van der Waals surface area contributed by atoms with Crippen molar-refractivity contribution in [2.45, 2.75) is 12.8 Å². The third kappa shape index (κ3) is 1.26. The largest absolute Gasteiger partial charge is 0.875 e. The Labute approximate surface area is 92.1 Å². The molecule has 3 rings (SSSR count). The Bertz CT molecular complexity index is 502. The van der Waals surface area contributed by atoms with Crippen molar-refractivity contribution in [3.8, 4) is 11.5 Å². The molecule has 0 atom stereocenters. The van der Waals surface area contributed by atoms with Crippen molar-refractivity contribution in [1.82, 2.24) is 0 Å². The van der Waals surface area contributed by atoms with Gasteiger partial charge in [0.15, 0.2) is 17.3 Å². The molecule has 2 aliphatic rings. The van der Waals surface area contributed by atoms with Crippen molar-refractivity contribution in [2.24, 2.45) is 0 Å². The van der Waals surface area contributed by atoms with E-state index in [1.807, 2.05) is 0 Å². The topological polar surface area (TPSA) is 58.6 Å². The van der Waals surface area contributed by atoms with Crippen molar-refractivity contribution in [1.29, 1.82) is 0 Å². The molecule has 0 amide bonds. The zero-order valence-corrected chi connectivity index (χ0v) is 8.49. The standard InChI is InChI=1S/C12H10O4/c13-8-2-3-9(14)12(8)7-1-4-10-11(5-7)16-6-15-10/h1,4-5,13H,2-3,6H2/p-1. The average Bonchev–Trinajstić information content (AvgIpc) is 2.85. The van der Waals surface area contributed by atoms with E-state index in [-0.39, 0.29) is 18.3 Å². The zero-order valence-electron chi connectivity index (χ0n) is 8.49. The third-order valence-electron chi connectivity index (χ3n) is 2.80. The number of benzene rings is 1. The molecule has 1 aromatic rings. The van der Waals surface area contributed by atoms with E-state index in [1.165, 1.54) is 0 Å². The quantitative estimate of drug-likeness (QED) is 0.699. The van der Waals surface area contributed by atoms with E-state index < -0.39 is 0 Å². The van der Waals surface area contributed by atoms with Gasteiger partial charge in [0, 0.05) is 12.0 Å². The van der Waals surface area contributed by atoms with Gasteiger partial charge < -0.3 is 14.6 Å². The molecule has 1 aliphatic heterocycles. The number of hydrogen-bond donors (Lipinski definition) is 0. The van der Waals surface area contributed by atoms with E-state index in [2.05, 4.69) is 0 Å². The first-order chi connectivity index (χ1) is 7.75. The van der Waals surface area contributed by atoms with Gasteiger partial charge in [0.25, 0.3) is 0 Å². The Morgan fingerprint density at radius 2 is 1.94 bits per heavy atom. The van der Waals surface area contributed by atoms with Gasteiger partial charge in [-0.15, -0.1) is 5.76 Å². The summed E-state index contributed by atoms with van der Waals surface area (Å²) in [7, 11) is 0. The first-order valence-corrected chi connectivity index (χ1v) is 5.09. The first-order valence-electron chi connectivity index (χ1n) is 5.09. The molecule has 16 heavy (non-hydrogen) atoms. The fourth-order valence-corrected chi connectivity index (χ4v) is 2.01. The number of fused-ring (bicyclic) bond motifs is 1.